The van der Waals surface area contributed by atoms with Crippen LogP contribution in [0.25, 0.3) is 22.3 Å². The third-order valence-electron chi connectivity index (χ3n) is 5.06. The summed E-state index contributed by atoms with van der Waals surface area (Å²) in [6.07, 6.45) is 0. The van der Waals surface area contributed by atoms with Gasteiger partial charge in [-0.15, -0.1) is 11.3 Å². The van der Waals surface area contributed by atoms with E-state index in [0.29, 0.717) is 16.4 Å². The van der Waals surface area contributed by atoms with Gasteiger partial charge in [-0.2, -0.15) is 0 Å². The monoisotopic (exact) mass is 477 g/mol. The quantitative estimate of drug-likeness (QED) is 0.203. The standard InChI is InChI=1S/C25H23N3O3S2/c1-4-31-25(30)21-15(2)16(3)33-24(21)27-20(29)14-32-23-18-12-8-9-13-19(18)26-22(28-23)17-10-6-5-7-11-17/h5-13H,4,14H2,1-3H3,(H,27,29). The van der Waals surface area contributed by atoms with Gasteiger partial charge in [0.05, 0.1) is 23.4 Å². The number of benzene rings is 2. The molecule has 1 amide bonds. The molecular formula is C25H23N3O3S2. The lowest BCUT2D eigenvalue weighted by Gasteiger charge is -2.09. The molecule has 2 heterocycles. The van der Waals surface area contributed by atoms with Gasteiger partial charge in [0, 0.05) is 15.8 Å². The summed E-state index contributed by atoms with van der Waals surface area (Å²) < 4.78 is 5.17. The van der Waals surface area contributed by atoms with Gasteiger partial charge >= 0.3 is 5.97 Å². The fourth-order valence-electron chi connectivity index (χ4n) is 3.33. The summed E-state index contributed by atoms with van der Waals surface area (Å²) in [5.74, 6) is 0.131. The number of anilines is 1. The van der Waals surface area contributed by atoms with Crippen molar-refractivity contribution in [2.45, 2.75) is 25.8 Å². The van der Waals surface area contributed by atoms with Crippen LogP contribution in [0, 0.1) is 13.8 Å². The minimum absolute atomic E-state index is 0.146. The number of para-hydroxylation sites is 1. The summed E-state index contributed by atoms with van der Waals surface area (Å²) in [5.41, 5.74) is 2.99. The summed E-state index contributed by atoms with van der Waals surface area (Å²) in [6.45, 7) is 5.82. The molecule has 33 heavy (non-hydrogen) atoms. The summed E-state index contributed by atoms with van der Waals surface area (Å²) in [5, 5.41) is 5.04. The Kier molecular flexibility index (Phi) is 7.05. The Morgan fingerprint density at radius 1 is 1.03 bits per heavy atom. The first kappa shape index (κ1) is 22.9. The number of thiophene rings is 1. The first-order valence-electron chi connectivity index (χ1n) is 10.5. The van der Waals surface area contributed by atoms with Gasteiger partial charge in [0.15, 0.2) is 5.82 Å². The zero-order valence-electron chi connectivity index (χ0n) is 18.5. The molecular weight excluding hydrogens is 454 g/mol. The van der Waals surface area contributed by atoms with Crippen molar-refractivity contribution >= 4 is 50.9 Å². The van der Waals surface area contributed by atoms with Gasteiger partial charge in [0.1, 0.15) is 10.0 Å². The Balaban J connectivity index is 1.56. The average molecular weight is 478 g/mol. The van der Waals surface area contributed by atoms with Crippen molar-refractivity contribution in [2.75, 3.05) is 17.7 Å². The van der Waals surface area contributed by atoms with Gasteiger partial charge in [-0.05, 0) is 32.4 Å². The van der Waals surface area contributed by atoms with E-state index in [1.165, 1.54) is 23.1 Å². The number of hydrogen-bond donors (Lipinski definition) is 1. The summed E-state index contributed by atoms with van der Waals surface area (Å²) in [6, 6.07) is 17.5. The lowest BCUT2D eigenvalue weighted by molar-refractivity contribution is -0.113. The zero-order chi connectivity index (χ0) is 23.4. The van der Waals surface area contributed by atoms with Crippen LogP contribution in [0.1, 0.15) is 27.7 Å². The van der Waals surface area contributed by atoms with E-state index in [2.05, 4.69) is 10.3 Å². The van der Waals surface area contributed by atoms with Crippen molar-refractivity contribution in [3.05, 3.63) is 70.6 Å². The summed E-state index contributed by atoms with van der Waals surface area (Å²) >= 11 is 2.73. The van der Waals surface area contributed by atoms with Crippen LogP contribution in [0.3, 0.4) is 0 Å². The molecule has 0 spiro atoms. The Morgan fingerprint density at radius 3 is 2.52 bits per heavy atom. The van der Waals surface area contributed by atoms with Crippen molar-refractivity contribution < 1.29 is 14.3 Å². The number of nitrogens with one attached hydrogen (secondary N) is 1. The summed E-state index contributed by atoms with van der Waals surface area (Å²) in [4.78, 5) is 35.6. The minimum atomic E-state index is -0.420. The van der Waals surface area contributed by atoms with Crippen molar-refractivity contribution in [1.29, 1.82) is 0 Å². The number of aryl methyl sites for hydroxylation is 1. The largest absolute Gasteiger partial charge is 0.462 e. The van der Waals surface area contributed by atoms with E-state index in [-0.39, 0.29) is 18.3 Å². The number of fused-ring (bicyclic) bond motifs is 1. The maximum atomic E-state index is 12.8. The van der Waals surface area contributed by atoms with Gasteiger partial charge in [-0.25, -0.2) is 14.8 Å². The topological polar surface area (TPSA) is 81.2 Å². The molecule has 0 aliphatic carbocycles. The molecule has 0 saturated carbocycles. The van der Waals surface area contributed by atoms with Crippen molar-refractivity contribution in [1.82, 2.24) is 9.97 Å². The molecule has 168 valence electrons. The number of amides is 1. The molecule has 4 aromatic rings. The van der Waals surface area contributed by atoms with Gasteiger partial charge < -0.3 is 10.1 Å². The fraction of sp³-hybridized carbons (Fsp3) is 0.200. The molecule has 1 N–H and O–H groups in total. The average Bonchev–Trinajstić information content (AvgIpc) is 3.10. The maximum Gasteiger partial charge on any atom is 0.341 e. The van der Waals surface area contributed by atoms with Crippen LogP contribution in [0.4, 0.5) is 5.00 Å². The SMILES string of the molecule is CCOC(=O)c1c(NC(=O)CSc2nc(-c3ccccc3)nc3ccccc23)sc(C)c1C. The molecule has 0 radical (unpaired) electrons. The fourth-order valence-corrected chi connectivity index (χ4v) is 5.22. The number of nitrogens with zero attached hydrogens (tertiary/aromatic N) is 2. The highest BCUT2D eigenvalue weighted by molar-refractivity contribution is 8.00. The molecule has 0 fully saturated rings. The maximum absolute atomic E-state index is 12.8. The van der Waals surface area contributed by atoms with Gasteiger partial charge in [0.2, 0.25) is 5.91 Å². The second kappa shape index (κ2) is 10.1. The van der Waals surface area contributed by atoms with Crippen LogP contribution >= 0.6 is 23.1 Å². The zero-order valence-corrected chi connectivity index (χ0v) is 20.2. The lowest BCUT2D eigenvalue weighted by Crippen LogP contribution is -2.16. The molecule has 8 heteroatoms. The number of esters is 1. The van der Waals surface area contributed by atoms with Crippen LogP contribution in [-0.4, -0.2) is 34.2 Å². The Bertz CT molecular complexity index is 1320. The van der Waals surface area contributed by atoms with Gasteiger partial charge in [0.25, 0.3) is 0 Å². The van der Waals surface area contributed by atoms with Crippen LogP contribution < -0.4 is 5.32 Å². The highest BCUT2D eigenvalue weighted by Crippen LogP contribution is 2.34. The number of thioether (sulfide) groups is 1. The molecule has 6 nitrogen and oxygen atoms in total. The van der Waals surface area contributed by atoms with E-state index >= 15 is 0 Å². The summed E-state index contributed by atoms with van der Waals surface area (Å²) in [7, 11) is 0. The molecule has 2 aromatic heterocycles. The van der Waals surface area contributed by atoms with Crippen LogP contribution in [0.5, 0.6) is 0 Å². The van der Waals surface area contributed by atoms with Crippen molar-refractivity contribution in [3.63, 3.8) is 0 Å². The molecule has 2 aromatic carbocycles. The minimum Gasteiger partial charge on any atom is -0.462 e. The molecule has 0 unspecified atom stereocenters. The smallest absolute Gasteiger partial charge is 0.341 e. The van der Waals surface area contributed by atoms with Gasteiger partial charge in [-0.1, -0.05) is 60.3 Å². The molecule has 0 saturated heterocycles. The Hall–Kier alpha value is -3.23. The van der Waals surface area contributed by atoms with Crippen molar-refractivity contribution in [2.24, 2.45) is 0 Å². The predicted octanol–water partition coefficient (Wildman–Crippen LogP) is 5.88. The highest BCUT2D eigenvalue weighted by atomic mass is 32.2. The molecule has 0 atom stereocenters. The van der Waals surface area contributed by atoms with E-state index in [1.54, 1.807) is 6.92 Å². The number of ether oxygens (including phenoxy) is 1. The van der Waals surface area contributed by atoms with E-state index in [4.69, 9.17) is 9.72 Å². The Labute approximate surface area is 200 Å². The highest BCUT2D eigenvalue weighted by Gasteiger charge is 2.22. The number of rotatable bonds is 7. The molecule has 4 rings (SSSR count). The van der Waals surface area contributed by atoms with E-state index < -0.39 is 5.97 Å². The third kappa shape index (κ3) is 5.07. The van der Waals surface area contributed by atoms with Crippen LogP contribution in [0.2, 0.25) is 0 Å². The van der Waals surface area contributed by atoms with E-state index in [0.717, 1.165) is 31.9 Å². The second-order valence-electron chi connectivity index (χ2n) is 7.28. The number of carbonyl (C=O) groups is 2. The Morgan fingerprint density at radius 2 is 1.76 bits per heavy atom. The van der Waals surface area contributed by atoms with Gasteiger partial charge in [-0.3, -0.25) is 4.79 Å². The molecule has 0 aliphatic heterocycles. The third-order valence-corrected chi connectivity index (χ3v) is 7.17. The first-order chi connectivity index (χ1) is 16.0. The first-order valence-corrected chi connectivity index (χ1v) is 12.3. The normalized spacial score (nSPS) is 10.9. The lowest BCUT2D eigenvalue weighted by atomic mass is 10.1. The van der Waals surface area contributed by atoms with E-state index in [9.17, 15) is 9.59 Å². The number of carbonyl (C=O) groups excluding carboxylic acids is 2. The second-order valence-corrected chi connectivity index (χ2v) is 9.47. The van der Waals surface area contributed by atoms with Crippen LogP contribution in [0.15, 0.2) is 59.6 Å². The molecule has 0 aliphatic rings. The van der Waals surface area contributed by atoms with E-state index in [1.807, 2.05) is 68.4 Å². The predicted molar refractivity (Wildman–Crippen MR) is 134 cm³/mol. The van der Waals surface area contributed by atoms with Crippen molar-refractivity contribution in [3.8, 4) is 11.4 Å². The molecule has 0 bridgehead atoms. The van der Waals surface area contributed by atoms with Crippen LogP contribution in [-0.2, 0) is 9.53 Å². The number of hydrogen-bond acceptors (Lipinski definition) is 7. The number of aromatic nitrogens is 2.